The third-order valence-corrected chi connectivity index (χ3v) is 10.2. The molecular weight excluding hydrogens is 540 g/mol. The second-order valence-corrected chi connectivity index (χ2v) is 13.6. The largest absolute Gasteiger partial charge is 0.0616 e. The molecule has 0 fully saturated rings. The van der Waals surface area contributed by atoms with Gasteiger partial charge in [-0.3, -0.25) is 0 Å². The van der Waals surface area contributed by atoms with Crippen LogP contribution in [0.3, 0.4) is 0 Å². The highest BCUT2D eigenvalue weighted by molar-refractivity contribution is 6.07. The molecule has 0 aliphatic heterocycles. The van der Waals surface area contributed by atoms with E-state index in [1.165, 1.54) is 98.7 Å². The van der Waals surface area contributed by atoms with Crippen LogP contribution in [0.5, 0.6) is 0 Å². The van der Waals surface area contributed by atoms with E-state index in [-0.39, 0.29) is 5.41 Å². The molecule has 0 spiro atoms. The Kier molecular flexibility index (Phi) is 5.48. The summed E-state index contributed by atoms with van der Waals surface area (Å²) in [5.74, 6) is 0. The van der Waals surface area contributed by atoms with Crippen molar-refractivity contribution in [1.82, 2.24) is 0 Å². The number of hydrogen-bond donors (Lipinski definition) is 0. The number of hydrogen-bond acceptors (Lipinski definition) is 0. The first-order chi connectivity index (χ1) is 21.8. The molecule has 0 heteroatoms. The summed E-state index contributed by atoms with van der Waals surface area (Å²) in [5, 5.41) is 10.4. The normalized spacial score (nSPS) is 13.5. The van der Waals surface area contributed by atoms with Gasteiger partial charge in [0, 0.05) is 5.41 Å². The Bertz CT molecular complexity index is 2350. The zero-order valence-electron chi connectivity index (χ0n) is 26.2. The van der Waals surface area contributed by atoms with E-state index in [1.807, 2.05) is 0 Å². The van der Waals surface area contributed by atoms with Crippen molar-refractivity contribution in [2.75, 3.05) is 0 Å². The standard InChI is InChI=1S/C45H34/c1-27-17-35-21-29-9-5-7-11-31(29)23-41(35)39(19-27)33-13-15-37-38-16-14-34(26-44(38)45(3,4)43(37)25-33)40-20-28(2)18-36-22-30-10-6-8-12-32(30)24-42(36)40/h5-26H,1-4H3. The van der Waals surface area contributed by atoms with E-state index < -0.39 is 0 Å². The van der Waals surface area contributed by atoms with E-state index in [0.29, 0.717) is 0 Å². The van der Waals surface area contributed by atoms with E-state index in [0.717, 1.165) is 0 Å². The lowest BCUT2D eigenvalue weighted by atomic mass is 9.80. The van der Waals surface area contributed by atoms with Gasteiger partial charge in [-0.05, 0) is 149 Å². The van der Waals surface area contributed by atoms with Crippen molar-refractivity contribution in [2.45, 2.75) is 33.1 Å². The smallest absolute Gasteiger partial charge is 0.0159 e. The number of aryl methyl sites for hydroxylation is 2. The molecule has 0 radical (unpaired) electrons. The molecule has 1 aliphatic carbocycles. The summed E-state index contributed by atoms with van der Waals surface area (Å²) < 4.78 is 0. The molecule has 9 rings (SSSR count). The van der Waals surface area contributed by atoms with Gasteiger partial charge >= 0.3 is 0 Å². The van der Waals surface area contributed by atoms with Crippen LogP contribution >= 0.6 is 0 Å². The Morgan fingerprint density at radius 2 is 0.756 bits per heavy atom. The van der Waals surface area contributed by atoms with E-state index in [2.05, 4.69) is 161 Å². The van der Waals surface area contributed by atoms with Gasteiger partial charge in [-0.2, -0.15) is 0 Å². The summed E-state index contributed by atoms with van der Waals surface area (Å²) in [4.78, 5) is 0. The van der Waals surface area contributed by atoms with Crippen LogP contribution in [0, 0.1) is 13.8 Å². The van der Waals surface area contributed by atoms with E-state index >= 15 is 0 Å². The van der Waals surface area contributed by atoms with E-state index in [1.54, 1.807) is 0 Å². The fraction of sp³-hybridized carbons (Fsp3) is 0.111. The van der Waals surface area contributed by atoms with Crippen molar-refractivity contribution in [2.24, 2.45) is 0 Å². The lowest BCUT2D eigenvalue weighted by Crippen LogP contribution is -2.15. The van der Waals surface area contributed by atoms with Crippen molar-refractivity contribution >= 4 is 43.1 Å². The van der Waals surface area contributed by atoms with Crippen molar-refractivity contribution in [3.63, 3.8) is 0 Å². The maximum atomic E-state index is 2.46. The minimum Gasteiger partial charge on any atom is -0.0616 e. The molecule has 0 N–H and O–H groups in total. The molecule has 0 bridgehead atoms. The third-order valence-electron chi connectivity index (χ3n) is 10.2. The molecule has 0 unspecified atom stereocenters. The molecule has 0 heterocycles. The fourth-order valence-corrected chi connectivity index (χ4v) is 7.96. The quantitative estimate of drug-likeness (QED) is 0.180. The molecule has 0 saturated carbocycles. The molecular formula is C45H34. The maximum absolute atomic E-state index is 2.46. The number of rotatable bonds is 2. The summed E-state index contributed by atoms with van der Waals surface area (Å²) in [5.41, 5.74) is 13.2. The van der Waals surface area contributed by atoms with Gasteiger partial charge in [0.2, 0.25) is 0 Å². The highest BCUT2D eigenvalue weighted by Crippen LogP contribution is 2.51. The Hall–Kier alpha value is -5.20. The van der Waals surface area contributed by atoms with Crippen molar-refractivity contribution in [3.8, 4) is 33.4 Å². The Morgan fingerprint density at radius 1 is 0.356 bits per heavy atom. The molecule has 0 amide bonds. The zero-order valence-corrected chi connectivity index (χ0v) is 26.2. The van der Waals surface area contributed by atoms with Crippen molar-refractivity contribution < 1.29 is 0 Å². The van der Waals surface area contributed by atoms with Gasteiger partial charge in [0.25, 0.3) is 0 Å². The topological polar surface area (TPSA) is 0 Å². The van der Waals surface area contributed by atoms with Crippen LogP contribution in [0.25, 0.3) is 76.5 Å². The molecule has 1 aliphatic rings. The Balaban J connectivity index is 1.20. The predicted molar refractivity (Wildman–Crippen MR) is 194 cm³/mol. The average Bonchev–Trinajstić information content (AvgIpc) is 3.27. The van der Waals surface area contributed by atoms with Gasteiger partial charge in [-0.15, -0.1) is 0 Å². The molecule has 8 aromatic rings. The van der Waals surface area contributed by atoms with Crippen LogP contribution in [0.4, 0.5) is 0 Å². The summed E-state index contributed by atoms with van der Waals surface area (Å²) in [7, 11) is 0. The Morgan fingerprint density at radius 3 is 1.18 bits per heavy atom. The Labute approximate surface area is 264 Å². The second-order valence-electron chi connectivity index (χ2n) is 13.6. The predicted octanol–water partition coefficient (Wildman–Crippen LogP) is 12.6. The average molecular weight is 575 g/mol. The molecule has 0 nitrogen and oxygen atoms in total. The maximum Gasteiger partial charge on any atom is 0.0159 e. The lowest BCUT2D eigenvalue weighted by Gasteiger charge is -2.23. The van der Waals surface area contributed by atoms with Gasteiger partial charge < -0.3 is 0 Å². The van der Waals surface area contributed by atoms with Crippen LogP contribution in [-0.2, 0) is 5.41 Å². The summed E-state index contributed by atoms with van der Waals surface area (Å²) in [6.45, 7) is 9.22. The van der Waals surface area contributed by atoms with Crippen LogP contribution in [0.2, 0.25) is 0 Å². The number of benzene rings is 8. The first-order valence-corrected chi connectivity index (χ1v) is 16.0. The first-order valence-electron chi connectivity index (χ1n) is 16.0. The lowest BCUT2D eigenvalue weighted by molar-refractivity contribution is 0.661. The number of fused-ring (bicyclic) bond motifs is 7. The molecule has 0 atom stereocenters. The fourth-order valence-electron chi connectivity index (χ4n) is 7.96. The zero-order chi connectivity index (χ0) is 30.4. The summed E-state index contributed by atoms with van der Waals surface area (Å²) >= 11 is 0. The van der Waals surface area contributed by atoms with Gasteiger partial charge in [0.05, 0.1) is 0 Å². The summed E-state index contributed by atoms with van der Waals surface area (Å²) in [6.07, 6.45) is 0. The van der Waals surface area contributed by atoms with Crippen LogP contribution in [0.15, 0.2) is 133 Å². The minimum absolute atomic E-state index is 0.116. The van der Waals surface area contributed by atoms with Gasteiger partial charge in [-0.25, -0.2) is 0 Å². The molecule has 45 heavy (non-hydrogen) atoms. The first kappa shape index (κ1) is 26.2. The molecule has 0 saturated heterocycles. The molecule has 8 aromatic carbocycles. The highest BCUT2D eigenvalue weighted by Gasteiger charge is 2.36. The van der Waals surface area contributed by atoms with Gasteiger partial charge in [0.1, 0.15) is 0 Å². The monoisotopic (exact) mass is 574 g/mol. The van der Waals surface area contributed by atoms with Crippen LogP contribution in [0.1, 0.15) is 36.1 Å². The van der Waals surface area contributed by atoms with Crippen LogP contribution in [-0.4, -0.2) is 0 Å². The molecule has 0 aromatic heterocycles. The van der Waals surface area contributed by atoms with Gasteiger partial charge in [-0.1, -0.05) is 111 Å². The minimum atomic E-state index is -0.116. The summed E-state index contributed by atoms with van der Waals surface area (Å²) in [6, 6.07) is 50.5. The van der Waals surface area contributed by atoms with Gasteiger partial charge in [0.15, 0.2) is 0 Å². The van der Waals surface area contributed by atoms with E-state index in [9.17, 15) is 0 Å². The third kappa shape index (κ3) is 3.99. The van der Waals surface area contributed by atoms with Crippen molar-refractivity contribution in [1.29, 1.82) is 0 Å². The highest BCUT2D eigenvalue weighted by atomic mass is 14.4. The second kappa shape index (κ2) is 9.40. The SMILES string of the molecule is Cc1cc(-c2ccc3c(c2)C(C)(C)c2cc(-c4cc(C)cc5cc6ccccc6cc45)ccc2-3)c2cc3ccccc3cc2c1. The molecule has 214 valence electrons. The van der Waals surface area contributed by atoms with Crippen LogP contribution < -0.4 is 0 Å². The van der Waals surface area contributed by atoms with Crippen molar-refractivity contribution in [3.05, 3.63) is 156 Å². The van der Waals surface area contributed by atoms with E-state index in [4.69, 9.17) is 0 Å².